The molecule has 6 nitrogen and oxygen atoms in total. The Morgan fingerprint density at radius 3 is 2.72 bits per heavy atom. The summed E-state index contributed by atoms with van der Waals surface area (Å²) in [6.45, 7) is 5.51. The highest BCUT2D eigenvalue weighted by atomic mass is 16.5. The zero-order valence-corrected chi connectivity index (χ0v) is 15.0. The van der Waals surface area contributed by atoms with Gasteiger partial charge >= 0.3 is 0 Å². The molecule has 1 aliphatic heterocycles. The Hall–Kier alpha value is -2.05. The lowest BCUT2D eigenvalue weighted by Crippen LogP contribution is -2.46. The zero-order valence-electron chi connectivity index (χ0n) is 15.0. The van der Waals surface area contributed by atoms with Gasteiger partial charge in [-0.2, -0.15) is 0 Å². The van der Waals surface area contributed by atoms with E-state index < -0.39 is 6.04 Å². The van der Waals surface area contributed by atoms with Gasteiger partial charge in [-0.05, 0) is 42.9 Å². The van der Waals surface area contributed by atoms with Gasteiger partial charge in [0.2, 0.25) is 5.91 Å². The molecular formula is C19H28N2O4. The van der Waals surface area contributed by atoms with Crippen LogP contribution >= 0.6 is 0 Å². The van der Waals surface area contributed by atoms with E-state index in [4.69, 9.17) is 19.9 Å². The molecule has 1 aromatic rings. The van der Waals surface area contributed by atoms with Crippen LogP contribution in [0.25, 0.3) is 0 Å². The molecule has 1 aromatic carbocycles. The van der Waals surface area contributed by atoms with Gasteiger partial charge in [0.25, 0.3) is 0 Å². The van der Waals surface area contributed by atoms with Crippen LogP contribution < -0.4 is 20.5 Å². The first-order valence-corrected chi connectivity index (χ1v) is 8.56. The molecule has 1 aliphatic rings. The highest BCUT2D eigenvalue weighted by Gasteiger charge is 2.26. The Morgan fingerprint density at radius 2 is 2.12 bits per heavy atom. The SMILES string of the molecule is C=CCc1cc(CNC(=O)C(N)C2CCOCC2)cc(OC)c1OC. The largest absolute Gasteiger partial charge is 0.493 e. The summed E-state index contributed by atoms with van der Waals surface area (Å²) in [7, 11) is 3.21. The summed E-state index contributed by atoms with van der Waals surface area (Å²) < 4.78 is 16.2. The average Bonchev–Trinajstić information content (AvgIpc) is 2.65. The normalized spacial score (nSPS) is 16.1. The van der Waals surface area contributed by atoms with Crippen LogP contribution in [0.4, 0.5) is 0 Å². The van der Waals surface area contributed by atoms with Crippen LogP contribution in [0.1, 0.15) is 24.0 Å². The zero-order chi connectivity index (χ0) is 18.2. The Kier molecular flexibility index (Phi) is 7.28. The molecule has 1 fully saturated rings. The third kappa shape index (κ3) is 4.96. The number of nitrogens with two attached hydrogens (primary N) is 1. The number of amides is 1. The van der Waals surface area contributed by atoms with Crippen molar-refractivity contribution in [1.82, 2.24) is 5.32 Å². The first-order valence-electron chi connectivity index (χ1n) is 8.56. The highest BCUT2D eigenvalue weighted by molar-refractivity contribution is 5.81. The smallest absolute Gasteiger partial charge is 0.237 e. The summed E-state index contributed by atoms with van der Waals surface area (Å²) in [6.07, 6.45) is 4.12. The van der Waals surface area contributed by atoms with Gasteiger partial charge in [-0.25, -0.2) is 0 Å². The molecule has 1 unspecified atom stereocenters. The molecule has 0 aliphatic carbocycles. The number of rotatable bonds is 8. The van der Waals surface area contributed by atoms with Crippen LogP contribution in [-0.2, 0) is 22.5 Å². The standard InChI is InChI=1S/C19H28N2O4/c1-4-5-15-10-13(11-16(23-2)18(15)24-3)12-21-19(22)17(20)14-6-8-25-9-7-14/h4,10-11,14,17H,1,5-9,12,20H2,2-3H3,(H,21,22). The van der Waals surface area contributed by atoms with Gasteiger partial charge in [0.05, 0.1) is 20.3 Å². The molecule has 0 spiro atoms. The fourth-order valence-electron chi connectivity index (χ4n) is 3.11. The van der Waals surface area contributed by atoms with Crippen LogP contribution in [0.2, 0.25) is 0 Å². The van der Waals surface area contributed by atoms with Gasteiger partial charge in [-0.15, -0.1) is 6.58 Å². The van der Waals surface area contributed by atoms with E-state index in [9.17, 15) is 4.79 Å². The number of allylic oxidation sites excluding steroid dienone is 1. The lowest BCUT2D eigenvalue weighted by atomic mass is 9.92. The predicted octanol–water partition coefficient (Wildman–Crippen LogP) is 1.80. The van der Waals surface area contributed by atoms with Crippen molar-refractivity contribution in [3.63, 3.8) is 0 Å². The van der Waals surface area contributed by atoms with Crippen molar-refractivity contribution in [2.75, 3.05) is 27.4 Å². The van der Waals surface area contributed by atoms with E-state index in [1.807, 2.05) is 12.1 Å². The van der Waals surface area contributed by atoms with Crippen LogP contribution in [0.3, 0.4) is 0 Å². The summed E-state index contributed by atoms with van der Waals surface area (Å²) in [5.74, 6) is 1.37. The molecule has 0 bridgehead atoms. The van der Waals surface area contributed by atoms with Crippen molar-refractivity contribution in [1.29, 1.82) is 0 Å². The van der Waals surface area contributed by atoms with Crippen molar-refractivity contribution in [2.24, 2.45) is 11.7 Å². The van der Waals surface area contributed by atoms with Gasteiger partial charge in [0, 0.05) is 25.3 Å². The maximum Gasteiger partial charge on any atom is 0.237 e. The molecule has 0 radical (unpaired) electrons. The van der Waals surface area contributed by atoms with Gasteiger partial charge in [-0.3, -0.25) is 4.79 Å². The minimum atomic E-state index is -0.503. The number of hydrogen-bond acceptors (Lipinski definition) is 5. The number of ether oxygens (including phenoxy) is 3. The first-order chi connectivity index (χ1) is 12.1. The summed E-state index contributed by atoms with van der Waals surface area (Å²) in [4.78, 5) is 12.4. The lowest BCUT2D eigenvalue weighted by molar-refractivity contribution is -0.124. The molecule has 138 valence electrons. The maximum absolute atomic E-state index is 12.4. The molecule has 0 saturated carbocycles. The topological polar surface area (TPSA) is 82.8 Å². The van der Waals surface area contributed by atoms with Gasteiger partial charge in [0.15, 0.2) is 11.5 Å². The van der Waals surface area contributed by atoms with E-state index in [-0.39, 0.29) is 11.8 Å². The van der Waals surface area contributed by atoms with E-state index in [0.29, 0.717) is 37.7 Å². The average molecular weight is 348 g/mol. The lowest BCUT2D eigenvalue weighted by Gasteiger charge is -2.26. The molecule has 1 saturated heterocycles. The molecule has 6 heteroatoms. The molecule has 1 amide bonds. The van der Waals surface area contributed by atoms with Crippen LogP contribution in [-0.4, -0.2) is 39.4 Å². The molecular weight excluding hydrogens is 320 g/mol. The second kappa shape index (κ2) is 9.44. The Balaban J connectivity index is 2.04. The van der Waals surface area contributed by atoms with E-state index in [0.717, 1.165) is 24.0 Å². The second-order valence-corrected chi connectivity index (χ2v) is 6.18. The van der Waals surface area contributed by atoms with E-state index in [1.165, 1.54) is 0 Å². The fourth-order valence-corrected chi connectivity index (χ4v) is 3.11. The van der Waals surface area contributed by atoms with Gasteiger partial charge in [0.1, 0.15) is 0 Å². The maximum atomic E-state index is 12.4. The molecule has 1 atom stereocenters. The number of carbonyl (C=O) groups is 1. The number of benzene rings is 1. The molecule has 3 N–H and O–H groups in total. The summed E-state index contributed by atoms with van der Waals surface area (Å²) in [5.41, 5.74) is 8.01. The Bertz CT molecular complexity index is 597. The van der Waals surface area contributed by atoms with Crippen molar-refractivity contribution >= 4 is 5.91 Å². The summed E-state index contributed by atoms with van der Waals surface area (Å²) in [6, 6.07) is 3.35. The van der Waals surface area contributed by atoms with E-state index in [2.05, 4.69) is 11.9 Å². The van der Waals surface area contributed by atoms with E-state index in [1.54, 1.807) is 20.3 Å². The minimum absolute atomic E-state index is 0.132. The first kappa shape index (κ1) is 19.3. The monoisotopic (exact) mass is 348 g/mol. The number of carbonyl (C=O) groups excluding carboxylic acids is 1. The third-order valence-electron chi connectivity index (χ3n) is 4.52. The number of hydrogen-bond donors (Lipinski definition) is 2. The summed E-state index contributed by atoms with van der Waals surface area (Å²) in [5, 5.41) is 2.93. The van der Waals surface area contributed by atoms with Crippen LogP contribution in [0.15, 0.2) is 24.8 Å². The van der Waals surface area contributed by atoms with Crippen molar-refractivity contribution in [3.8, 4) is 11.5 Å². The van der Waals surface area contributed by atoms with Crippen LogP contribution in [0, 0.1) is 5.92 Å². The predicted molar refractivity (Wildman–Crippen MR) is 96.8 cm³/mol. The second-order valence-electron chi connectivity index (χ2n) is 6.18. The van der Waals surface area contributed by atoms with Crippen molar-refractivity contribution < 1.29 is 19.0 Å². The molecule has 2 rings (SSSR count). The molecule has 1 heterocycles. The number of nitrogens with one attached hydrogen (secondary N) is 1. The highest BCUT2D eigenvalue weighted by Crippen LogP contribution is 2.33. The Labute approximate surface area is 149 Å². The molecule has 25 heavy (non-hydrogen) atoms. The Morgan fingerprint density at radius 1 is 1.40 bits per heavy atom. The van der Waals surface area contributed by atoms with Crippen molar-refractivity contribution in [3.05, 3.63) is 35.9 Å². The summed E-state index contributed by atoms with van der Waals surface area (Å²) >= 11 is 0. The minimum Gasteiger partial charge on any atom is -0.493 e. The third-order valence-corrected chi connectivity index (χ3v) is 4.52. The van der Waals surface area contributed by atoms with Crippen molar-refractivity contribution in [2.45, 2.75) is 31.8 Å². The van der Waals surface area contributed by atoms with E-state index >= 15 is 0 Å². The van der Waals surface area contributed by atoms with Gasteiger partial charge in [-0.1, -0.05) is 6.08 Å². The number of methoxy groups -OCH3 is 2. The molecule has 0 aromatic heterocycles. The van der Waals surface area contributed by atoms with Gasteiger partial charge < -0.3 is 25.3 Å². The van der Waals surface area contributed by atoms with Crippen LogP contribution in [0.5, 0.6) is 11.5 Å². The quantitative estimate of drug-likeness (QED) is 0.700. The fraction of sp³-hybridized carbons (Fsp3) is 0.526.